The van der Waals surface area contributed by atoms with Crippen molar-refractivity contribution in [1.29, 1.82) is 0 Å². The van der Waals surface area contributed by atoms with E-state index in [-0.39, 0.29) is 29.5 Å². The van der Waals surface area contributed by atoms with Crippen LogP contribution in [0.1, 0.15) is 18.4 Å². The number of hydrogen-bond donors (Lipinski definition) is 1. The quantitative estimate of drug-likeness (QED) is 0.696. The van der Waals surface area contributed by atoms with Gasteiger partial charge in [0.2, 0.25) is 0 Å². The van der Waals surface area contributed by atoms with Gasteiger partial charge in [-0.05, 0) is 54.7 Å². The number of carbonyl (C=O) groups is 2. The summed E-state index contributed by atoms with van der Waals surface area (Å²) in [4.78, 5) is 30.0. The maximum atomic E-state index is 13.9. The van der Waals surface area contributed by atoms with Gasteiger partial charge in [0.05, 0.1) is 25.5 Å². The van der Waals surface area contributed by atoms with Crippen molar-refractivity contribution in [2.24, 2.45) is 5.92 Å². The molecule has 32 heavy (non-hydrogen) atoms. The number of imide groups is 1. The molecule has 1 saturated heterocycles. The molecule has 0 aromatic heterocycles. The molecule has 2 aromatic carbocycles. The summed E-state index contributed by atoms with van der Waals surface area (Å²) in [7, 11) is 3.01. The highest BCUT2D eigenvalue weighted by molar-refractivity contribution is 6.45. The number of anilines is 1. The molecule has 0 aliphatic carbocycles. The number of likely N-dealkylation sites (tertiary alicyclic amines) is 1. The van der Waals surface area contributed by atoms with Crippen LogP contribution < -0.4 is 14.4 Å². The van der Waals surface area contributed by atoms with E-state index in [1.165, 1.54) is 32.4 Å². The predicted molar refractivity (Wildman–Crippen MR) is 117 cm³/mol. The number of ether oxygens (including phenoxy) is 2. The molecule has 1 N–H and O–H groups in total. The molecule has 1 unspecified atom stereocenters. The van der Waals surface area contributed by atoms with Gasteiger partial charge in [-0.3, -0.25) is 9.59 Å². The van der Waals surface area contributed by atoms with Crippen LogP contribution in [0.5, 0.6) is 11.5 Å². The third-order valence-electron chi connectivity index (χ3n) is 5.89. The fourth-order valence-corrected chi connectivity index (χ4v) is 4.33. The highest BCUT2D eigenvalue weighted by atomic mass is 19.1. The third kappa shape index (κ3) is 3.82. The Morgan fingerprint density at radius 1 is 1.06 bits per heavy atom. The first-order chi connectivity index (χ1) is 15.5. The second-order valence-electron chi connectivity index (χ2n) is 7.86. The summed E-state index contributed by atoms with van der Waals surface area (Å²) in [6.07, 6.45) is 1.64. The number of hydrogen-bond acceptors (Lipinski definition) is 6. The van der Waals surface area contributed by atoms with Gasteiger partial charge in [-0.25, -0.2) is 9.29 Å². The molecule has 2 amide bonds. The number of carbonyl (C=O) groups excluding carboxylic acids is 2. The highest BCUT2D eigenvalue weighted by Crippen LogP contribution is 2.39. The Kier molecular flexibility index (Phi) is 6.14. The minimum atomic E-state index is -0.539. The molecule has 7 nitrogen and oxygen atoms in total. The molecular weight excluding hydrogens is 415 g/mol. The molecule has 0 spiro atoms. The number of nitrogens with zero attached hydrogens (tertiary/aromatic N) is 2. The Bertz CT molecular complexity index is 1080. The SMILES string of the molecule is COc1ccc(C2=C(N3CCCC(CO)C3)C(=O)N(c3cccc(F)c3)C2=O)cc1OC. The van der Waals surface area contributed by atoms with E-state index in [9.17, 15) is 19.1 Å². The summed E-state index contributed by atoms with van der Waals surface area (Å²) >= 11 is 0. The second kappa shape index (κ2) is 9.00. The van der Waals surface area contributed by atoms with Crippen molar-refractivity contribution >= 4 is 23.1 Å². The molecular formula is C24H25FN2O5. The number of halogens is 1. The van der Waals surface area contributed by atoms with E-state index in [1.54, 1.807) is 18.2 Å². The fraction of sp³-hybridized carbons (Fsp3) is 0.333. The highest BCUT2D eigenvalue weighted by Gasteiger charge is 2.43. The van der Waals surface area contributed by atoms with Crippen molar-refractivity contribution in [2.45, 2.75) is 12.8 Å². The molecule has 1 fully saturated rings. The number of aliphatic hydroxyl groups excluding tert-OH is 1. The number of amides is 2. The summed E-state index contributed by atoms with van der Waals surface area (Å²) < 4.78 is 24.6. The van der Waals surface area contributed by atoms with Gasteiger partial charge < -0.3 is 19.5 Å². The fourth-order valence-electron chi connectivity index (χ4n) is 4.33. The largest absolute Gasteiger partial charge is 0.493 e. The number of benzene rings is 2. The van der Waals surface area contributed by atoms with Crippen molar-refractivity contribution in [1.82, 2.24) is 4.90 Å². The minimum Gasteiger partial charge on any atom is -0.493 e. The molecule has 4 rings (SSSR count). The van der Waals surface area contributed by atoms with Crippen LogP contribution in [0.3, 0.4) is 0 Å². The molecule has 168 valence electrons. The Labute approximate surface area is 185 Å². The van der Waals surface area contributed by atoms with Crippen LogP contribution in [0.4, 0.5) is 10.1 Å². The lowest BCUT2D eigenvalue weighted by Crippen LogP contribution is -2.40. The summed E-state index contributed by atoms with van der Waals surface area (Å²) in [6.45, 7) is 1.04. The molecule has 2 aromatic rings. The first kappa shape index (κ1) is 21.8. The first-order valence-electron chi connectivity index (χ1n) is 10.4. The van der Waals surface area contributed by atoms with Gasteiger partial charge in [-0.1, -0.05) is 12.1 Å². The monoisotopic (exact) mass is 440 g/mol. The molecule has 1 atom stereocenters. The predicted octanol–water partition coefficient (Wildman–Crippen LogP) is 2.83. The third-order valence-corrected chi connectivity index (χ3v) is 5.89. The van der Waals surface area contributed by atoms with E-state index in [1.807, 2.05) is 4.90 Å². The van der Waals surface area contributed by atoms with Crippen LogP contribution in [0.2, 0.25) is 0 Å². The van der Waals surface area contributed by atoms with Gasteiger partial charge in [0.15, 0.2) is 11.5 Å². The van der Waals surface area contributed by atoms with Crippen LogP contribution in [-0.4, -0.2) is 55.7 Å². The van der Waals surface area contributed by atoms with E-state index >= 15 is 0 Å². The van der Waals surface area contributed by atoms with Crippen LogP contribution >= 0.6 is 0 Å². The van der Waals surface area contributed by atoms with Crippen LogP contribution in [-0.2, 0) is 9.59 Å². The van der Waals surface area contributed by atoms with E-state index in [4.69, 9.17) is 9.47 Å². The second-order valence-corrected chi connectivity index (χ2v) is 7.86. The minimum absolute atomic E-state index is 0.00518. The van der Waals surface area contributed by atoms with Crippen molar-refractivity contribution in [3.8, 4) is 11.5 Å². The number of piperidine rings is 1. The van der Waals surface area contributed by atoms with Gasteiger partial charge in [-0.15, -0.1) is 0 Å². The van der Waals surface area contributed by atoms with Crippen molar-refractivity contribution in [2.75, 3.05) is 38.8 Å². The van der Waals surface area contributed by atoms with E-state index in [0.29, 0.717) is 30.2 Å². The van der Waals surface area contributed by atoms with Crippen molar-refractivity contribution in [3.63, 3.8) is 0 Å². The topological polar surface area (TPSA) is 79.3 Å². The first-order valence-corrected chi connectivity index (χ1v) is 10.4. The van der Waals surface area contributed by atoms with Crippen molar-refractivity contribution in [3.05, 3.63) is 59.5 Å². The Morgan fingerprint density at radius 2 is 1.84 bits per heavy atom. The van der Waals surface area contributed by atoms with Gasteiger partial charge in [0, 0.05) is 19.7 Å². The lowest BCUT2D eigenvalue weighted by molar-refractivity contribution is -0.120. The maximum absolute atomic E-state index is 13.9. The average Bonchev–Trinajstić information content (AvgIpc) is 3.08. The summed E-state index contributed by atoms with van der Waals surface area (Å²) in [6, 6.07) is 10.4. The smallest absolute Gasteiger partial charge is 0.282 e. The molecule has 0 bridgehead atoms. The number of aliphatic hydroxyl groups is 1. The van der Waals surface area contributed by atoms with Gasteiger partial charge in [-0.2, -0.15) is 0 Å². The van der Waals surface area contributed by atoms with Gasteiger partial charge >= 0.3 is 0 Å². The molecule has 0 saturated carbocycles. The van der Waals surface area contributed by atoms with Crippen molar-refractivity contribution < 1.29 is 28.6 Å². The molecule has 2 aliphatic rings. The standard InChI is InChI=1S/C24H25FN2O5/c1-31-19-9-8-16(11-20(19)32-2)21-22(26-10-4-5-15(13-26)14-28)24(30)27(23(21)29)18-7-3-6-17(25)12-18/h3,6-9,11-12,15,28H,4-5,10,13-14H2,1-2H3. The van der Waals surface area contributed by atoms with Gasteiger partial charge in [0.25, 0.3) is 11.8 Å². The zero-order valence-corrected chi connectivity index (χ0v) is 18.0. The summed E-state index contributed by atoms with van der Waals surface area (Å²) in [5.74, 6) is -0.655. The number of rotatable bonds is 6. The summed E-state index contributed by atoms with van der Waals surface area (Å²) in [5, 5.41) is 9.66. The zero-order chi connectivity index (χ0) is 22.8. The lowest BCUT2D eigenvalue weighted by atomic mass is 9.96. The molecule has 0 radical (unpaired) electrons. The lowest BCUT2D eigenvalue weighted by Gasteiger charge is -2.34. The zero-order valence-electron chi connectivity index (χ0n) is 18.0. The van der Waals surface area contributed by atoms with Crippen LogP contribution in [0.25, 0.3) is 5.57 Å². The van der Waals surface area contributed by atoms with Crippen LogP contribution in [0.15, 0.2) is 48.2 Å². The maximum Gasteiger partial charge on any atom is 0.282 e. The van der Waals surface area contributed by atoms with E-state index in [0.717, 1.165) is 23.8 Å². The van der Waals surface area contributed by atoms with E-state index < -0.39 is 17.6 Å². The molecule has 2 aliphatic heterocycles. The molecule has 2 heterocycles. The Hall–Kier alpha value is -3.39. The summed E-state index contributed by atoms with van der Waals surface area (Å²) in [5.41, 5.74) is 1.15. The average molecular weight is 440 g/mol. The van der Waals surface area contributed by atoms with E-state index in [2.05, 4.69) is 0 Å². The number of methoxy groups -OCH3 is 2. The Morgan fingerprint density at radius 3 is 2.53 bits per heavy atom. The normalized spacial score (nSPS) is 19.1. The van der Waals surface area contributed by atoms with Crippen LogP contribution in [0, 0.1) is 11.7 Å². The Balaban J connectivity index is 1.85. The molecule has 8 heteroatoms. The van der Waals surface area contributed by atoms with Gasteiger partial charge in [0.1, 0.15) is 11.5 Å².